The van der Waals surface area contributed by atoms with Gasteiger partial charge in [-0.05, 0) is 19.1 Å². The van der Waals surface area contributed by atoms with Gasteiger partial charge in [0.2, 0.25) is 11.8 Å². The molecule has 2 aromatic rings. The van der Waals surface area contributed by atoms with Gasteiger partial charge in [0.1, 0.15) is 23.0 Å². The Hall–Kier alpha value is -2.48. The van der Waals surface area contributed by atoms with Crippen LogP contribution in [-0.2, 0) is 9.59 Å². The van der Waals surface area contributed by atoms with Crippen LogP contribution in [0.1, 0.15) is 16.6 Å². The van der Waals surface area contributed by atoms with E-state index in [4.69, 9.17) is 5.73 Å². The Morgan fingerprint density at radius 2 is 2.29 bits per heavy atom. The predicted molar refractivity (Wildman–Crippen MR) is 77.7 cm³/mol. The first-order chi connectivity index (χ1) is 9.99. The Labute approximate surface area is 123 Å². The van der Waals surface area contributed by atoms with Crippen LogP contribution < -0.4 is 11.1 Å². The van der Waals surface area contributed by atoms with Gasteiger partial charge in [0, 0.05) is 6.20 Å². The van der Waals surface area contributed by atoms with E-state index in [1.165, 1.54) is 16.2 Å². The summed E-state index contributed by atoms with van der Waals surface area (Å²) < 4.78 is 0.791. The maximum Gasteiger partial charge on any atom is 0.267 e. The van der Waals surface area contributed by atoms with Gasteiger partial charge in [0.05, 0.1) is 10.4 Å². The molecule has 0 radical (unpaired) electrons. The summed E-state index contributed by atoms with van der Waals surface area (Å²) in [6.45, 7) is 1.41. The van der Waals surface area contributed by atoms with Crippen LogP contribution in [0.15, 0.2) is 18.3 Å². The second kappa shape index (κ2) is 4.81. The topological polar surface area (TPSA) is 105 Å². The number of nitrogens with one attached hydrogen (secondary N) is 1. The molecule has 1 saturated heterocycles. The van der Waals surface area contributed by atoms with Crippen molar-refractivity contribution in [1.82, 2.24) is 15.2 Å². The summed E-state index contributed by atoms with van der Waals surface area (Å²) >= 11 is 1.21. The Balaban J connectivity index is 2.02. The molecule has 0 spiro atoms. The van der Waals surface area contributed by atoms with Crippen molar-refractivity contribution in [2.45, 2.75) is 13.0 Å². The van der Waals surface area contributed by atoms with Gasteiger partial charge in [0.15, 0.2) is 0 Å². The van der Waals surface area contributed by atoms with Crippen molar-refractivity contribution in [2.24, 2.45) is 0 Å². The largest absolute Gasteiger partial charge is 0.396 e. The number of hydrogen-bond donors (Lipinski definition) is 2. The third-order valence-electron chi connectivity index (χ3n) is 3.36. The highest BCUT2D eigenvalue weighted by Gasteiger charge is 2.35. The highest BCUT2D eigenvalue weighted by atomic mass is 32.1. The number of pyridine rings is 1. The number of imide groups is 1. The number of anilines is 1. The van der Waals surface area contributed by atoms with Crippen molar-refractivity contribution >= 4 is 45.0 Å². The molecule has 0 aliphatic carbocycles. The van der Waals surface area contributed by atoms with Gasteiger partial charge in [-0.2, -0.15) is 0 Å². The summed E-state index contributed by atoms with van der Waals surface area (Å²) in [5.41, 5.74) is 6.82. The molecular formula is C13H12N4O3S. The molecule has 7 nitrogen and oxygen atoms in total. The van der Waals surface area contributed by atoms with Crippen molar-refractivity contribution in [1.29, 1.82) is 0 Å². The number of hydrogen-bond acceptors (Lipinski definition) is 6. The quantitative estimate of drug-likeness (QED) is 0.740. The summed E-state index contributed by atoms with van der Waals surface area (Å²) in [5.74, 6) is -1.41. The summed E-state index contributed by atoms with van der Waals surface area (Å²) in [7, 11) is 0. The number of amides is 3. The van der Waals surface area contributed by atoms with E-state index in [0.29, 0.717) is 10.4 Å². The number of nitrogens with zero attached hydrogens (tertiary/aromatic N) is 2. The van der Waals surface area contributed by atoms with E-state index >= 15 is 0 Å². The van der Waals surface area contributed by atoms with Gasteiger partial charge >= 0.3 is 0 Å². The van der Waals surface area contributed by atoms with E-state index in [1.807, 2.05) is 6.07 Å². The average molecular weight is 304 g/mol. The molecule has 108 valence electrons. The fourth-order valence-corrected chi connectivity index (χ4v) is 3.24. The number of carbonyl (C=O) groups is 3. The summed E-state index contributed by atoms with van der Waals surface area (Å²) in [6.07, 6.45) is 1.60. The lowest BCUT2D eigenvalue weighted by atomic mass is 10.2. The number of nitrogen functional groups attached to an aromatic ring is 1. The van der Waals surface area contributed by atoms with Crippen molar-refractivity contribution < 1.29 is 14.4 Å². The minimum absolute atomic E-state index is 0.160. The van der Waals surface area contributed by atoms with Crippen LogP contribution in [0.4, 0.5) is 5.69 Å². The lowest BCUT2D eigenvalue weighted by molar-refractivity contribution is -0.138. The lowest BCUT2D eigenvalue weighted by Crippen LogP contribution is -2.58. The second-order valence-electron chi connectivity index (χ2n) is 4.72. The van der Waals surface area contributed by atoms with Crippen molar-refractivity contribution in [3.63, 3.8) is 0 Å². The van der Waals surface area contributed by atoms with Crippen LogP contribution in [0.3, 0.4) is 0 Å². The number of piperazine rings is 1. The summed E-state index contributed by atoms with van der Waals surface area (Å²) in [6, 6.07) is 2.86. The van der Waals surface area contributed by atoms with E-state index in [1.54, 1.807) is 19.2 Å². The lowest BCUT2D eigenvalue weighted by Gasteiger charge is -2.31. The van der Waals surface area contributed by atoms with E-state index in [-0.39, 0.29) is 12.2 Å². The zero-order chi connectivity index (χ0) is 15.1. The molecule has 2 aromatic heterocycles. The zero-order valence-corrected chi connectivity index (χ0v) is 11.9. The highest BCUT2D eigenvalue weighted by molar-refractivity contribution is 7.21. The first kappa shape index (κ1) is 13.5. The third-order valence-corrected chi connectivity index (χ3v) is 4.51. The maximum absolute atomic E-state index is 12.6. The molecular weight excluding hydrogens is 292 g/mol. The minimum Gasteiger partial charge on any atom is -0.396 e. The molecule has 1 unspecified atom stereocenters. The third kappa shape index (κ3) is 2.13. The molecule has 0 bridgehead atoms. The molecule has 8 heteroatoms. The SMILES string of the molecule is CC1C(=O)NC(=O)CN1C(=O)c1sc2cccnc2c1N. The smallest absolute Gasteiger partial charge is 0.267 e. The predicted octanol–water partition coefficient (Wildman–Crippen LogP) is 0.366. The minimum atomic E-state index is -0.715. The summed E-state index contributed by atoms with van der Waals surface area (Å²) in [5, 5.41) is 2.19. The Morgan fingerprint density at radius 3 is 3.00 bits per heavy atom. The van der Waals surface area contributed by atoms with Gasteiger partial charge in [-0.25, -0.2) is 0 Å². The number of nitrogens with two attached hydrogens (primary N) is 1. The van der Waals surface area contributed by atoms with Crippen molar-refractivity contribution in [3.05, 3.63) is 23.2 Å². The van der Waals surface area contributed by atoms with Crippen LogP contribution in [0, 0.1) is 0 Å². The highest BCUT2D eigenvalue weighted by Crippen LogP contribution is 2.33. The zero-order valence-electron chi connectivity index (χ0n) is 11.1. The van der Waals surface area contributed by atoms with Crippen LogP contribution in [0.5, 0.6) is 0 Å². The molecule has 21 heavy (non-hydrogen) atoms. The number of carbonyl (C=O) groups excluding carboxylic acids is 3. The van der Waals surface area contributed by atoms with E-state index in [9.17, 15) is 14.4 Å². The normalized spacial score (nSPS) is 18.9. The molecule has 1 fully saturated rings. The van der Waals surface area contributed by atoms with E-state index in [2.05, 4.69) is 10.3 Å². The molecule has 1 aliphatic rings. The molecule has 3 N–H and O–H groups in total. The first-order valence-corrected chi connectivity index (χ1v) is 7.08. The fourth-order valence-electron chi connectivity index (χ4n) is 2.20. The maximum atomic E-state index is 12.6. The average Bonchev–Trinajstić information content (AvgIpc) is 2.80. The molecule has 3 amide bonds. The van der Waals surface area contributed by atoms with Crippen LogP contribution in [0.2, 0.25) is 0 Å². The van der Waals surface area contributed by atoms with Gasteiger partial charge in [0.25, 0.3) is 5.91 Å². The Kier molecular flexibility index (Phi) is 3.09. The van der Waals surface area contributed by atoms with E-state index < -0.39 is 23.8 Å². The molecule has 3 rings (SSSR count). The number of thiophene rings is 1. The fraction of sp³-hybridized carbons (Fsp3) is 0.231. The van der Waals surface area contributed by atoms with E-state index in [0.717, 1.165) is 4.70 Å². The number of aromatic nitrogens is 1. The van der Waals surface area contributed by atoms with Crippen molar-refractivity contribution in [3.8, 4) is 0 Å². The Bertz CT molecular complexity index is 770. The molecule has 0 saturated carbocycles. The van der Waals surface area contributed by atoms with Gasteiger partial charge < -0.3 is 10.6 Å². The molecule has 0 aromatic carbocycles. The number of fused-ring (bicyclic) bond motifs is 1. The van der Waals surface area contributed by atoms with Crippen LogP contribution >= 0.6 is 11.3 Å². The van der Waals surface area contributed by atoms with Crippen LogP contribution in [-0.4, -0.2) is 40.2 Å². The van der Waals surface area contributed by atoms with Gasteiger partial charge in [-0.1, -0.05) is 0 Å². The monoisotopic (exact) mass is 304 g/mol. The number of rotatable bonds is 1. The van der Waals surface area contributed by atoms with Gasteiger partial charge in [-0.15, -0.1) is 11.3 Å². The van der Waals surface area contributed by atoms with Gasteiger partial charge in [-0.3, -0.25) is 24.7 Å². The van der Waals surface area contributed by atoms with Crippen LogP contribution in [0.25, 0.3) is 10.2 Å². The second-order valence-corrected chi connectivity index (χ2v) is 5.77. The molecule has 3 heterocycles. The molecule has 1 aliphatic heterocycles. The van der Waals surface area contributed by atoms with Crippen molar-refractivity contribution in [2.75, 3.05) is 12.3 Å². The standard InChI is InChI=1S/C13H12N4O3S/c1-6-12(19)16-8(18)5-17(6)13(20)11-9(14)10-7(21-11)3-2-4-15-10/h2-4,6H,5,14H2,1H3,(H,16,18,19). The first-order valence-electron chi connectivity index (χ1n) is 6.26. The molecule has 1 atom stereocenters. The summed E-state index contributed by atoms with van der Waals surface area (Å²) in [4.78, 5) is 41.4. The Morgan fingerprint density at radius 1 is 1.52 bits per heavy atom.